The van der Waals surface area contributed by atoms with Gasteiger partial charge in [-0.05, 0) is 43.0 Å². The minimum atomic E-state index is -3.40. The molecule has 1 atom stereocenters. The first kappa shape index (κ1) is 20.2. The molecule has 2 heterocycles. The van der Waals surface area contributed by atoms with Crippen molar-refractivity contribution in [3.8, 4) is 0 Å². The van der Waals surface area contributed by atoms with Gasteiger partial charge in [-0.2, -0.15) is 0 Å². The molecule has 0 saturated carbocycles. The molecule has 1 aliphatic rings. The molecule has 25 heavy (non-hydrogen) atoms. The minimum Gasteiger partial charge on any atom is -0.357 e. The van der Waals surface area contributed by atoms with Crippen LogP contribution in [0.4, 0.5) is 0 Å². The molecule has 8 heteroatoms. The molecule has 0 amide bonds. The summed E-state index contributed by atoms with van der Waals surface area (Å²) in [5.41, 5.74) is 0. The highest BCUT2D eigenvalue weighted by Crippen LogP contribution is 2.23. The average molecular weight is 387 g/mol. The van der Waals surface area contributed by atoms with E-state index >= 15 is 0 Å². The molecule has 1 unspecified atom stereocenters. The highest BCUT2D eigenvalue weighted by Gasteiger charge is 2.25. The Hall–Kier alpha value is -1.12. The lowest BCUT2D eigenvalue weighted by Gasteiger charge is -2.22. The summed E-state index contributed by atoms with van der Waals surface area (Å²) in [5.74, 6) is 2.33. The van der Waals surface area contributed by atoms with Crippen LogP contribution in [0.3, 0.4) is 0 Å². The van der Waals surface area contributed by atoms with Gasteiger partial charge in [-0.15, -0.1) is 11.3 Å². The Morgan fingerprint density at radius 2 is 2.28 bits per heavy atom. The maximum atomic E-state index is 12.1. The largest absolute Gasteiger partial charge is 0.357 e. The van der Waals surface area contributed by atoms with E-state index in [0.29, 0.717) is 17.3 Å². The molecule has 0 aliphatic carbocycles. The van der Waals surface area contributed by atoms with Crippen molar-refractivity contribution >= 4 is 27.3 Å². The molecule has 1 aromatic rings. The number of rotatable bonds is 8. The zero-order valence-electron chi connectivity index (χ0n) is 15.4. The van der Waals surface area contributed by atoms with Crippen LogP contribution < -0.4 is 10.0 Å². The fourth-order valence-electron chi connectivity index (χ4n) is 3.14. The fraction of sp³-hybridized carbons (Fsp3) is 0.706. The summed E-state index contributed by atoms with van der Waals surface area (Å²) in [6, 6.07) is 3.35. The standard InChI is InChI=1S/C17H30N4O2S2/c1-4-18-17(21-10-7-15(13-21)12-14(2)3)19-8-9-20-25(22,23)16-6-5-11-24-16/h5-6,11,14-15,20H,4,7-10,12-13H2,1-3H3,(H,18,19). The second-order valence-electron chi connectivity index (χ2n) is 6.80. The smallest absolute Gasteiger partial charge is 0.250 e. The maximum Gasteiger partial charge on any atom is 0.250 e. The van der Waals surface area contributed by atoms with Crippen LogP contribution in [0.25, 0.3) is 0 Å². The molecule has 0 bridgehead atoms. The second kappa shape index (κ2) is 9.54. The SMILES string of the molecule is CCNC(=NCCNS(=O)(=O)c1cccs1)N1CCC(CC(C)C)C1. The predicted octanol–water partition coefficient (Wildman–Crippen LogP) is 2.36. The van der Waals surface area contributed by atoms with Crippen LogP contribution in [0.5, 0.6) is 0 Å². The number of sulfonamides is 1. The monoisotopic (exact) mass is 386 g/mol. The van der Waals surface area contributed by atoms with Gasteiger partial charge in [0.25, 0.3) is 0 Å². The Morgan fingerprint density at radius 1 is 1.48 bits per heavy atom. The van der Waals surface area contributed by atoms with Gasteiger partial charge in [-0.3, -0.25) is 4.99 Å². The van der Waals surface area contributed by atoms with Crippen LogP contribution in [-0.2, 0) is 10.0 Å². The van der Waals surface area contributed by atoms with Gasteiger partial charge in [0.15, 0.2) is 5.96 Å². The number of aliphatic imine (C=N–C) groups is 1. The summed E-state index contributed by atoms with van der Waals surface area (Å²) in [6.07, 6.45) is 2.45. The summed E-state index contributed by atoms with van der Waals surface area (Å²) in [4.78, 5) is 6.90. The van der Waals surface area contributed by atoms with Gasteiger partial charge in [0, 0.05) is 26.2 Å². The number of likely N-dealkylation sites (tertiary alicyclic amines) is 1. The molecule has 142 valence electrons. The van der Waals surface area contributed by atoms with Crippen molar-refractivity contribution in [1.82, 2.24) is 14.9 Å². The predicted molar refractivity (Wildman–Crippen MR) is 105 cm³/mol. The van der Waals surface area contributed by atoms with Gasteiger partial charge in [0.1, 0.15) is 4.21 Å². The molecule has 1 aliphatic heterocycles. The number of hydrogen-bond acceptors (Lipinski definition) is 4. The third kappa shape index (κ3) is 6.27. The molecule has 1 aromatic heterocycles. The Bertz CT molecular complexity index is 642. The summed E-state index contributed by atoms with van der Waals surface area (Å²) < 4.78 is 27.1. The first-order valence-corrected chi connectivity index (χ1v) is 11.3. The van der Waals surface area contributed by atoms with E-state index in [-0.39, 0.29) is 0 Å². The first-order valence-electron chi connectivity index (χ1n) is 8.98. The molecular formula is C17H30N4O2S2. The van der Waals surface area contributed by atoms with E-state index in [0.717, 1.165) is 37.4 Å². The Kier molecular flexibility index (Phi) is 7.71. The topological polar surface area (TPSA) is 73.8 Å². The lowest BCUT2D eigenvalue weighted by atomic mass is 9.97. The summed E-state index contributed by atoms with van der Waals surface area (Å²) in [6.45, 7) is 10.2. The molecule has 2 rings (SSSR count). The normalized spacial score (nSPS) is 19.0. The van der Waals surface area contributed by atoms with E-state index in [2.05, 4.69) is 40.7 Å². The highest BCUT2D eigenvalue weighted by molar-refractivity contribution is 7.91. The van der Waals surface area contributed by atoms with E-state index < -0.39 is 10.0 Å². The van der Waals surface area contributed by atoms with Crippen molar-refractivity contribution in [3.05, 3.63) is 17.5 Å². The van der Waals surface area contributed by atoms with Crippen molar-refractivity contribution < 1.29 is 8.42 Å². The summed E-state index contributed by atoms with van der Waals surface area (Å²) >= 11 is 1.22. The molecule has 1 saturated heterocycles. The van der Waals surface area contributed by atoms with Crippen LogP contribution in [0, 0.1) is 11.8 Å². The third-order valence-electron chi connectivity index (χ3n) is 4.15. The van der Waals surface area contributed by atoms with Crippen molar-refractivity contribution in [3.63, 3.8) is 0 Å². The van der Waals surface area contributed by atoms with Crippen molar-refractivity contribution in [1.29, 1.82) is 0 Å². The molecule has 6 nitrogen and oxygen atoms in total. The van der Waals surface area contributed by atoms with Gasteiger partial charge in [0.05, 0.1) is 6.54 Å². The lowest BCUT2D eigenvalue weighted by Crippen LogP contribution is -2.40. The van der Waals surface area contributed by atoms with Gasteiger partial charge < -0.3 is 10.2 Å². The fourth-order valence-corrected chi connectivity index (χ4v) is 5.20. The second-order valence-corrected chi connectivity index (χ2v) is 9.74. The van der Waals surface area contributed by atoms with Gasteiger partial charge in [0.2, 0.25) is 10.0 Å². The maximum absolute atomic E-state index is 12.1. The molecule has 0 radical (unpaired) electrons. The van der Waals surface area contributed by atoms with E-state index in [1.54, 1.807) is 17.5 Å². The van der Waals surface area contributed by atoms with Gasteiger partial charge in [-0.25, -0.2) is 13.1 Å². The van der Waals surface area contributed by atoms with Crippen LogP contribution in [0.2, 0.25) is 0 Å². The van der Waals surface area contributed by atoms with Crippen molar-refractivity contribution in [2.24, 2.45) is 16.8 Å². The van der Waals surface area contributed by atoms with Crippen LogP contribution >= 0.6 is 11.3 Å². The molecule has 0 spiro atoms. The van der Waals surface area contributed by atoms with Crippen LogP contribution in [0.1, 0.15) is 33.6 Å². The van der Waals surface area contributed by atoms with E-state index in [9.17, 15) is 8.42 Å². The molecule has 1 fully saturated rings. The first-order chi connectivity index (χ1) is 11.9. The number of thiophene rings is 1. The van der Waals surface area contributed by atoms with Gasteiger partial charge >= 0.3 is 0 Å². The molecule has 0 aromatic carbocycles. The molecule has 2 N–H and O–H groups in total. The lowest BCUT2D eigenvalue weighted by molar-refractivity contribution is 0.403. The van der Waals surface area contributed by atoms with Crippen molar-refractivity contribution in [2.75, 3.05) is 32.7 Å². The van der Waals surface area contributed by atoms with E-state index in [4.69, 9.17) is 0 Å². The Balaban J connectivity index is 1.86. The zero-order chi connectivity index (χ0) is 18.3. The third-order valence-corrected chi connectivity index (χ3v) is 7.01. The van der Waals surface area contributed by atoms with Crippen LogP contribution in [0.15, 0.2) is 26.7 Å². The highest BCUT2D eigenvalue weighted by atomic mass is 32.2. The van der Waals surface area contributed by atoms with E-state index in [1.807, 2.05) is 0 Å². The zero-order valence-corrected chi connectivity index (χ0v) is 17.0. The number of hydrogen-bond donors (Lipinski definition) is 2. The Labute approximate surface area is 155 Å². The number of nitrogens with one attached hydrogen (secondary N) is 2. The van der Waals surface area contributed by atoms with Crippen LogP contribution in [-0.4, -0.2) is 52.0 Å². The average Bonchev–Trinajstić information content (AvgIpc) is 3.21. The number of nitrogens with zero attached hydrogens (tertiary/aromatic N) is 2. The number of guanidine groups is 1. The van der Waals surface area contributed by atoms with Gasteiger partial charge in [-0.1, -0.05) is 19.9 Å². The Morgan fingerprint density at radius 3 is 2.92 bits per heavy atom. The molecular weight excluding hydrogens is 356 g/mol. The minimum absolute atomic E-state index is 0.304. The van der Waals surface area contributed by atoms with E-state index in [1.165, 1.54) is 24.2 Å². The van der Waals surface area contributed by atoms with Crippen molar-refractivity contribution in [2.45, 2.75) is 37.8 Å². The summed E-state index contributed by atoms with van der Waals surface area (Å²) in [7, 11) is -3.40. The quantitative estimate of drug-likeness (QED) is 0.409. The summed E-state index contributed by atoms with van der Waals surface area (Å²) in [5, 5.41) is 5.09.